The van der Waals surface area contributed by atoms with Crippen molar-refractivity contribution in [3.05, 3.63) is 90.3 Å². The van der Waals surface area contributed by atoms with Crippen LogP contribution >= 0.6 is 12.4 Å². The summed E-state index contributed by atoms with van der Waals surface area (Å²) >= 11 is 0. The molecule has 9 nitrogen and oxygen atoms in total. The van der Waals surface area contributed by atoms with Crippen molar-refractivity contribution in [1.82, 2.24) is 14.8 Å². The van der Waals surface area contributed by atoms with Crippen LogP contribution in [-0.2, 0) is 32.5 Å². The third-order valence-electron chi connectivity index (χ3n) is 7.20. The quantitative estimate of drug-likeness (QED) is 0.237. The van der Waals surface area contributed by atoms with Gasteiger partial charge in [0.2, 0.25) is 10.0 Å². The number of sulfonamides is 1. The van der Waals surface area contributed by atoms with Gasteiger partial charge in [0.15, 0.2) is 0 Å². The van der Waals surface area contributed by atoms with Gasteiger partial charge in [-0.15, -0.1) is 12.4 Å². The highest BCUT2D eigenvalue weighted by atomic mass is 35.5. The lowest BCUT2D eigenvalue weighted by Gasteiger charge is -2.38. The van der Waals surface area contributed by atoms with Crippen molar-refractivity contribution in [3.8, 4) is 5.75 Å². The Labute approximate surface area is 241 Å². The molecule has 4 rings (SSSR count). The fourth-order valence-electron chi connectivity index (χ4n) is 5.09. The molecule has 0 spiro atoms. The Kier molecular flexibility index (Phi) is 11.9. The van der Waals surface area contributed by atoms with E-state index in [0.717, 1.165) is 6.42 Å². The molecule has 40 heavy (non-hydrogen) atoms. The Bertz CT molecular complexity index is 1290. The number of methoxy groups -OCH3 is 1. The summed E-state index contributed by atoms with van der Waals surface area (Å²) in [7, 11) is -2.63. The minimum atomic E-state index is -4.13. The van der Waals surface area contributed by atoms with E-state index in [1.165, 1.54) is 29.1 Å². The topological polar surface area (TPSA) is 118 Å². The summed E-state index contributed by atoms with van der Waals surface area (Å²) < 4.78 is 40.4. The summed E-state index contributed by atoms with van der Waals surface area (Å²) in [6.45, 7) is 0.544. The zero-order chi connectivity index (χ0) is 27.7. The molecule has 0 unspecified atom stereocenters. The SMILES string of the molecule is COc1ccc(S(=O)(=O)N(Cc2ccncc2)[C@@H](C(=O)NO)C2CCC(OCCc3ccccc3)CC2)cc1.Cl. The van der Waals surface area contributed by atoms with Crippen molar-refractivity contribution < 1.29 is 27.9 Å². The second-order valence-corrected chi connectivity index (χ2v) is 11.5. The molecule has 1 aromatic heterocycles. The minimum Gasteiger partial charge on any atom is -0.497 e. The Morgan fingerprint density at radius 2 is 1.65 bits per heavy atom. The molecule has 11 heteroatoms. The van der Waals surface area contributed by atoms with Crippen LogP contribution in [0.5, 0.6) is 5.75 Å². The van der Waals surface area contributed by atoms with Gasteiger partial charge in [0.25, 0.3) is 5.91 Å². The molecule has 2 aromatic carbocycles. The van der Waals surface area contributed by atoms with E-state index in [-0.39, 0.29) is 35.9 Å². The predicted octanol–water partition coefficient (Wildman–Crippen LogP) is 4.40. The van der Waals surface area contributed by atoms with Crippen LogP contribution in [0.15, 0.2) is 84.0 Å². The van der Waals surface area contributed by atoms with E-state index in [4.69, 9.17) is 9.47 Å². The Morgan fingerprint density at radius 1 is 1.00 bits per heavy atom. The van der Waals surface area contributed by atoms with E-state index >= 15 is 0 Å². The van der Waals surface area contributed by atoms with Gasteiger partial charge in [0, 0.05) is 18.9 Å². The van der Waals surface area contributed by atoms with Gasteiger partial charge in [-0.3, -0.25) is 15.0 Å². The molecule has 1 amide bonds. The van der Waals surface area contributed by atoms with Gasteiger partial charge < -0.3 is 9.47 Å². The third-order valence-corrected chi connectivity index (χ3v) is 9.04. The van der Waals surface area contributed by atoms with Gasteiger partial charge in [-0.1, -0.05) is 30.3 Å². The van der Waals surface area contributed by atoms with Gasteiger partial charge in [0.05, 0.1) is 24.7 Å². The number of hydrogen-bond donors (Lipinski definition) is 2. The number of halogens is 1. The number of rotatable bonds is 12. The molecule has 0 bridgehead atoms. The fraction of sp³-hybridized carbons (Fsp3) is 0.379. The summed E-state index contributed by atoms with van der Waals surface area (Å²) in [6.07, 6.45) is 6.56. The van der Waals surface area contributed by atoms with Crippen LogP contribution in [0, 0.1) is 5.92 Å². The second-order valence-electron chi connectivity index (χ2n) is 9.65. The maximum atomic E-state index is 14.0. The summed E-state index contributed by atoms with van der Waals surface area (Å²) in [5.74, 6) is -0.541. The molecular formula is C29H36ClN3O6S. The van der Waals surface area contributed by atoms with Crippen molar-refractivity contribution in [2.45, 2.75) is 55.7 Å². The first-order chi connectivity index (χ1) is 18.9. The molecule has 0 radical (unpaired) electrons. The van der Waals surface area contributed by atoms with Gasteiger partial charge >= 0.3 is 0 Å². The lowest BCUT2D eigenvalue weighted by Crippen LogP contribution is -2.53. The van der Waals surface area contributed by atoms with Crippen LogP contribution in [0.1, 0.15) is 36.8 Å². The molecule has 3 aromatic rings. The van der Waals surface area contributed by atoms with Crippen LogP contribution in [0.2, 0.25) is 0 Å². The zero-order valence-electron chi connectivity index (χ0n) is 22.4. The maximum Gasteiger partial charge on any atom is 0.262 e. The Hall–Kier alpha value is -3.02. The number of amides is 1. The second kappa shape index (κ2) is 15.1. The lowest BCUT2D eigenvalue weighted by atomic mass is 9.82. The van der Waals surface area contributed by atoms with Crippen molar-refractivity contribution in [2.75, 3.05) is 13.7 Å². The minimum absolute atomic E-state index is 0. The fourth-order valence-corrected chi connectivity index (χ4v) is 6.73. The van der Waals surface area contributed by atoms with Crippen molar-refractivity contribution >= 4 is 28.3 Å². The monoisotopic (exact) mass is 589 g/mol. The zero-order valence-corrected chi connectivity index (χ0v) is 24.0. The highest BCUT2D eigenvalue weighted by Gasteiger charge is 2.42. The van der Waals surface area contributed by atoms with Crippen LogP contribution < -0.4 is 10.2 Å². The van der Waals surface area contributed by atoms with Crippen molar-refractivity contribution in [1.29, 1.82) is 0 Å². The van der Waals surface area contributed by atoms with E-state index in [0.29, 0.717) is 43.6 Å². The molecule has 2 N–H and O–H groups in total. The highest BCUT2D eigenvalue weighted by molar-refractivity contribution is 7.89. The number of pyridine rings is 1. The number of aromatic nitrogens is 1. The average molecular weight is 590 g/mol. The lowest BCUT2D eigenvalue weighted by molar-refractivity contribution is -0.136. The van der Waals surface area contributed by atoms with E-state index in [9.17, 15) is 18.4 Å². The van der Waals surface area contributed by atoms with Gasteiger partial charge in [-0.2, -0.15) is 4.31 Å². The first-order valence-corrected chi connectivity index (χ1v) is 14.5. The van der Waals surface area contributed by atoms with Crippen LogP contribution in [0.3, 0.4) is 0 Å². The van der Waals surface area contributed by atoms with Crippen LogP contribution in [-0.4, -0.2) is 54.7 Å². The third kappa shape index (κ3) is 8.02. The molecule has 0 aliphatic heterocycles. The number of hydrogen-bond acceptors (Lipinski definition) is 7. The van der Waals surface area contributed by atoms with Crippen LogP contribution in [0.4, 0.5) is 0 Å². The summed E-state index contributed by atoms with van der Waals surface area (Å²) in [6, 6.07) is 18.5. The summed E-state index contributed by atoms with van der Waals surface area (Å²) in [5, 5.41) is 9.66. The van der Waals surface area contributed by atoms with Crippen LogP contribution in [0.25, 0.3) is 0 Å². The highest BCUT2D eigenvalue weighted by Crippen LogP contribution is 2.34. The molecule has 216 valence electrons. The molecule has 1 aliphatic carbocycles. The summed E-state index contributed by atoms with van der Waals surface area (Å²) in [4.78, 5) is 17.1. The van der Waals surface area contributed by atoms with E-state index < -0.39 is 22.0 Å². The number of benzene rings is 2. The Balaban J connectivity index is 0.00000441. The van der Waals surface area contributed by atoms with E-state index in [2.05, 4.69) is 17.1 Å². The number of hydroxylamine groups is 1. The smallest absolute Gasteiger partial charge is 0.262 e. The normalized spacial score (nSPS) is 18.0. The maximum absolute atomic E-state index is 14.0. The summed E-state index contributed by atoms with van der Waals surface area (Å²) in [5.41, 5.74) is 3.61. The number of carbonyl (C=O) groups excluding carboxylic acids is 1. The first-order valence-electron chi connectivity index (χ1n) is 13.1. The molecule has 1 saturated carbocycles. The predicted molar refractivity (Wildman–Crippen MR) is 153 cm³/mol. The van der Waals surface area contributed by atoms with Gasteiger partial charge in [0.1, 0.15) is 11.8 Å². The number of nitrogens with zero attached hydrogens (tertiary/aromatic N) is 2. The van der Waals surface area contributed by atoms with Crippen molar-refractivity contribution in [2.24, 2.45) is 5.92 Å². The standard InChI is InChI=1S/C29H35N3O6S.ClH/c1-37-25-11-13-27(14-12-25)39(35,36)32(21-23-15-18-30-19-16-23)28(29(33)31-34)24-7-9-26(10-8-24)38-20-17-22-5-3-2-4-6-22;/h2-6,11-16,18-19,24,26,28,34H,7-10,17,20-21H2,1H3,(H,31,33);1H/t24?,26?,28-;/m1./s1. The van der Waals surface area contributed by atoms with Gasteiger partial charge in [-0.25, -0.2) is 13.9 Å². The van der Waals surface area contributed by atoms with E-state index in [1.807, 2.05) is 18.2 Å². The molecule has 1 atom stereocenters. The van der Waals surface area contributed by atoms with Gasteiger partial charge in [-0.05, 0) is 85.5 Å². The number of nitrogens with one attached hydrogen (secondary N) is 1. The van der Waals surface area contributed by atoms with Crippen molar-refractivity contribution in [3.63, 3.8) is 0 Å². The number of carbonyl (C=O) groups is 1. The molecule has 0 saturated heterocycles. The number of ether oxygens (including phenoxy) is 2. The molecule has 1 aliphatic rings. The molecular weight excluding hydrogens is 554 g/mol. The Morgan fingerprint density at radius 3 is 2.25 bits per heavy atom. The van der Waals surface area contributed by atoms with E-state index in [1.54, 1.807) is 42.1 Å². The first kappa shape index (κ1) is 31.5. The largest absolute Gasteiger partial charge is 0.497 e. The molecule has 1 heterocycles. The average Bonchev–Trinajstić information content (AvgIpc) is 2.98. The molecule has 1 fully saturated rings.